The number of H-pyrrole nitrogens is 1. The van der Waals surface area contributed by atoms with Crippen molar-refractivity contribution in [1.29, 1.82) is 0 Å². The monoisotopic (exact) mass is 484 g/mol. The van der Waals surface area contributed by atoms with E-state index in [1.807, 2.05) is 54.6 Å². The van der Waals surface area contributed by atoms with Gasteiger partial charge in [0.15, 0.2) is 10.1 Å². The lowest BCUT2D eigenvalue weighted by Crippen LogP contribution is -2.09. The van der Waals surface area contributed by atoms with Gasteiger partial charge in [-0.15, -0.1) is 10.2 Å². The number of aromatic nitrogens is 3. The Hall–Kier alpha value is -3.42. The van der Waals surface area contributed by atoms with Crippen molar-refractivity contribution in [2.45, 2.75) is 29.4 Å². The first-order valence-corrected chi connectivity index (χ1v) is 12.8. The molecule has 2 N–H and O–H groups in total. The minimum atomic E-state index is -0.425. The first kappa shape index (κ1) is 22.4. The summed E-state index contributed by atoms with van der Waals surface area (Å²) < 4.78 is 0.739. The first-order valence-electron chi connectivity index (χ1n) is 11.1. The molecule has 0 aliphatic heterocycles. The molecule has 0 bridgehead atoms. The van der Waals surface area contributed by atoms with E-state index in [4.69, 9.17) is 0 Å². The van der Waals surface area contributed by atoms with Crippen LogP contribution in [0, 0.1) is 0 Å². The van der Waals surface area contributed by atoms with Crippen LogP contribution in [-0.2, 0) is 0 Å². The van der Waals surface area contributed by atoms with Crippen LogP contribution in [0.1, 0.15) is 46.5 Å². The van der Waals surface area contributed by atoms with Gasteiger partial charge in [-0.05, 0) is 35.2 Å². The molecule has 34 heavy (non-hydrogen) atoms. The number of carbonyl (C=O) groups excluding carboxylic acids is 1. The number of hydrogen-bond acceptors (Lipinski definition) is 6. The van der Waals surface area contributed by atoms with Crippen molar-refractivity contribution in [1.82, 2.24) is 15.2 Å². The Labute approximate surface area is 206 Å². The quantitative estimate of drug-likeness (QED) is 0.175. The number of rotatable bonds is 8. The van der Waals surface area contributed by atoms with Gasteiger partial charge < -0.3 is 10.3 Å². The van der Waals surface area contributed by atoms with Crippen LogP contribution >= 0.6 is 23.1 Å². The number of para-hydroxylation sites is 1. The molecule has 0 fully saturated rings. The number of aromatic amines is 1. The van der Waals surface area contributed by atoms with E-state index in [0.29, 0.717) is 16.6 Å². The molecule has 0 spiro atoms. The van der Waals surface area contributed by atoms with Crippen molar-refractivity contribution in [2.75, 3.05) is 5.32 Å². The van der Waals surface area contributed by atoms with Crippen LogP contribution in [0.25, 0.3) is 10.9 Å². The number of fused-ring (bicyclic) bond motifs is 1. The molecule has 2 aromatic heterocycles. The molecular weight excluding hydrogens is 460 g/mol. The summed E-state index contributed by atoms with van der Waals surface area (Å²) >= 11 is 2.89. The lowest BCUT2D eigenvalue weighted by molar-refractivity contribution is 0.0991. The average molecular weight is 485 g/mol. The maximum absolute atomic E-state index is 13.7. The van der Waals surface area contributed by atoms with Crippen LogP contribution in [0.15, 0.2) is 89.4 Å². The number of ketones is 1. The van der Waals surface area contributed by atoms with E-state index in [2.05, 4.69) is 58.6 Å². The Kier molecular flexibility index (Phi) is 6.47. The fraction of sp³-hybridized carbons (Fsp3) is 0.148. The predicted octanol–water partition coefficient (Wildman–Crippen LogP) is 7.60. The lowest BCUT2D eigenvalue weighted by atomic mass is 10.0. The Bertz CT molecular complexity index is 1410. The van der Waals surface area contributed by atoms with Crippen molar-refractivity contribution in [3.8, 4) is 0 Å². The van der Waals surface area contributed by atoms with Gasteiger partial charge in [0.05, 0.1) is 0 Å². The zero-order valence-electron chi connectivity index (χ0n) is 18.9. The van der Waals surface area contributed by atoms with Gasteiger partial charge in [-0.25, -0.2) is 0 Å². The van der Waals surface area contributed by atoms with E-state index >= 15 is 0 Å². The van der Waals surface area contributed by atoms with Crippen molar-refractivity contribution in [3.05, 3.63) is 102 Å². The van der Waals surface area contributed by atoms with Gasteiger partial charge in [0.1, 0.15) is 5.25 Å². The standard InChI is InChI=1S/C27H24N4OS2/c1-17(2)18-12-14-20(15-13-18)29-26-30-31-27(34-26)33-25(19-8-4-3-5-9-19)24(32)22-16-28-23-11-7-6-10-21(22)23/h3-17,25,28H,1-2H3,(H,29,30)/t25-/m1/s1. The first-order chi connectivity index (χ1) is 16.6. The Balaban J connectivity index is 1.39. The molecule has 7 heteroatoms. The van der Waals surface area contributed by atoms with Gasteiger partial charge in [0, 0.05) is 28.4 Å². The predicted molar refractivity (Wildman–Crippen MR) is 141 cm³/mol. The second-order valence-electron chi connectivity index (χ2n) is 8.30. The van der Waals surface area contributed by atoms with Crippen LogP contribution in [0.2, 0.25) is 0 Å². The summed E-state index contributed by atoms with van der Waals surface area (Å²) in [7, 11) is 0. The van der Waals surface area contributed by atoms with Crippen molar-refractivity contribution in [2.24, 2.45) is 0 Å². The summed E-state index contributed by atoms with van der Waals surface area (Å²) in [4.78, 5) is 16.9. The van der Waals surface area contributed by atoms with Crippen LogP contribution in [0.3, 0.4) is 0 Å². The van der Waals surface area contributed by atoms with E-state index < -0.39 is 5.25 Å². The third-order valence-corrected chi connectivity index (χ3v) is 7.83. The number of thioether (sulfide) groups is 1. The summed E-state index contributed by atoms with van der Waals surface area (Å²) in [5, 5.41) is 13.2. The van der Waals surface area contributed by atoms with Crippen LogP contribution in [0.4, 0.5) is 10.8 Å². The third-order valence-electron chi connectivity index (χ3n) is 5.65. The van der Waals surface area contributed by atoms with Crippen LogP contribution in [0.5, 0.6) is 0 Å². The molecule has 0 amide bonds. The van der Waals surface area contributed by atoms with E-state index in [0.717, 1.165) is 26.5 Å². The van der Waals surface area contributed by atoms with E-state index in [9.17, 15) is 4.79 Å². The summed E-state index contributed by atoms with van der Waals surface area (Å²) in [5.41, 5.74) is 4.84. The minimum Gasteiger partial charge on any atom is -0.360 e. The molecule has 3 aromatic carbocycles. The number of benzene rings is 3. The summed E-state index contributed by atoms with van der Waals surface area (Å²) in [6.45, 7) is 4.36. The maximum atomic E-state index is 13.7. The molecule has 0 radical (unpaired) electrons. The lowest BCUT2D eigenvalue weighted by Gasteiger charge is -2.14. The van der Waals surface area contributed by atoms with Crippen LogP contribution < -0.4 is 5.32 Å². The number of Topliss-reactive ketones (excluding diaryl/α,β-unsaturated/α-hetero) is 1. The Morgan fingerprint density at radius 3 is 2.41 bits per heavy atom. The Morgan fingerprint density at radius 1 is 0.912 bits per heavy atom. The number of anilines is 2. The van der Waals surface area contributed by atoms with Gasteiger partial charge in [0.25, 0.3) is 0 Å². The molecule has 0 saturated carbocycles. The van der Waals surface area contributed by atoms with Gasteiger partial charge in [-0.3, -0.25) is 4.79 Å². The molecule has 5 nitrogen and oxygen atoms in total. The highest BCUT2D eigenvalue weighted by molar-refractivity contribution is 8.02. The highest BCUT2D eigenvalue weighted by Crippen LogP contribution is 2.41. The molecule has 1 atom stereocenters. The molecule has 0 aliphatic carbocycles. The second-order valence-corrected chi connectivity index (χ2v) is 10.6. The fourth-order valence-corrected chi connectivity index (χ4v) is 5.83. The van der Waals surface area contributed by atoms with Crippen LogP contribution in [-0.4, -0.2) is 21.0 Å². The maximum Gasteiger partial charge on any atom is 0.210 e. The highest BCUT2D eigenvalue weighted by atomic mass is 32.2. The topological polar surface area (TPSA) is 70.7 Å². The number of hydrogen-bond donors (Lipinski definition) is 2. The summed E-state index contributed by atoms with van der Waals surface area (Å²) in [6, 6.07) is 26.1. The number of nitrogens with one attached hydrogen (secondary N) is 2. The largest absolute Gasteiger partial charge is 0.360 e. The number of carbonyl (C=O) groups is 1. The summed E-state index contributed by atoms with van der Waals surface area (Å²) in [6.07, 6.45) is 1.80. The van der Waals surface area contributed by atoms with Gasteiger partial charge in [-0.2, -0.15) is 0 Å². The van der Waals surface area contributed by atoms with E-state index in [1.165, 1.54) is 28.7 Å². The van der Waals surface area contributed by atoms with E-state index in [-0.39, 0.29) is 5.78 Å². The molecule has 0 aliphatic rings. The van der Waals surface area contributed by atoms with Gasteiger partial charge in [-0.1, -0.05) is 97.6 Å². The molecule has 0 unspecified atom stereocenters. The molecule has 5 aromatic rings. The molecular formula is C27H24N4OS2. The summed E-state index contributed by atoms with van der Waals surface area (Å²) in [5.74, 6) is 0.533. The highest BCUT2D eigenvalue weighted by Gasteiger charge is 2.27. The third kappa shape index (κ3) is 4.76. The molecule has 5 rings (SSSR count). The van der Waals surface area contributed by atoms with Crippen molar-refractivity contribution < 1.29 is 4.79 Å². The molecule has 0 saturated heterocycles. The minimum absolute atomic E-state index is 0.0441. The number of nitrogens with zero attached hydrogens (tertiary/aromatic N) is 2. The molecule has 170 valence electrons. The van der Waals surface area contributed by atoms with Crippen molar-refractivity contribution in [3.63, 3.8) is 0 Å². The Morgan fingerprint density at radius 2 is 1.65 bits per heavy atom. The van der Waals surface area contributed by atoms with Crippen molar-refractivity contribution >= 4 is 50.6 Å². The zero-order valence-corrected chi connectivity index (χ0v) is 20.5. The molecule has 2 heterocycles. The van der Waals surface area contributed by atoms with E-state index in [1.54, 1.807) is 6.20 Å². The average Bonchev–Trinajstić information content (AvgIpc) is 3.50. The zero-order chi connectivity index (χ0) is 23.5. The SMILES string of the molecule is CC(C)c1ccc(Nc2nnc(S[C@@H](C(=O)c3c[nH]c4ccccc34)c3ccccc3)s2)cc1. The smallest absolute Gasteiger partial charge is 0.210 e. The van der Waals surface area contributed by atoms with Gasteiger partial charge >= 0.3 is 0 Å². The fourth-order valence-electron chi connectivity index (χ4n) is 3.80. The normalized spacial score (nSPS) is 12.2. The second kappa shape index (κ2) is 9.83. The van der Waals surface area contributed by atoms with Gasteiger partial charge in [0.2, 0.25) is 5.13 Å².